The molecule has 0 atom stereocenters. The fourth-order valence-corrected chi connectivity index (χ4v) is 5.30. The van der Waals surface area contributed by atoms with E-state index >= 15 is 0 Å². The van der Waals surface area contributed by atoms with Crippen LogP contribution in [-0.4, -0.2) is 27.0 Å². The normalized spacial score (nSPS) is 13.5. The molecule has 0 aliphatic heterocycles. The number of urea groups is 1. The number of halogens is 1. The van der Waals surface area contributed by atoms with Gasteiger partial charge in [-0.15, -0.1) is 11.3 Å². The number of hydrogen-bond acceptors (Lipinski definition) is 6. The number of hydrogen-bond donors (Lipinski definition) is 2. The van der Waals surface area contributed by atoms with Gasteiger partial charge in [0.25, 0.3) is 10.0 Å². The van der Waals surface area contributed by atoms with Gasteiger partial charge in [0.05, 0.1) is 17.1 Å². The maximum Gasteiger partial charge on any atom is 0.341 e. The fraction of sp³-hybridized carbons (Fsp3) is 0.333. The Morgan fingerprint density at radius 3 is 2.54 bits per heavy atom. The molecule has 1 aliphatic carbocycles. The SMILES string of the molecule is CCOC(=O)c1c(NC(=O)NS(=O)(=O)c2ccc(Cl)cc2)sc2c1CCCC2. The number of benzene rings is 1. The predicted octanol–water partition coefficient (Wildman–Crippen LogP) is 3.97. The first-order valence-electron chi connectivity index (χ1n) is 8.73. The third kappa shape index (κ3) is 4.48. The molecule has 0 saturated heterocycles. The molecular formula is C18H19ClN2O5S2. The first kappa shape index (κ1) is 20.6. The van der Waals surface area contributed by atoms with Crippen LogP contribution in [0.15, 0.2) is 29.2 Å². The Labute approximate surface area is 172 Å². The monoisotopic (exact) mass is 442 g/mol. The number of amides is 2. The second kappa shape index (κ2) is 8.50. The van der Waals surface area contributed by atoms with E-state index < -0.39 is 22.0 Å². The summed E-state index contributed by atoms with van der Waals surface area (Å²) >= 11 is 7.04. The molecule has 2 amide bonds. The third-order valence-electron chi connectivity index (χ3n) is 4.23. The second-order valence-electron chi connectivity index (χ2n) is 6.15. The number of nitrogens with one attached hydrogen (secondary N) is 2. The molecule has 0 unspecified atom stereocenters. The number of ether oxygens (including phenoxy) is 1. The Morgan fingerprint density at radius 2 is 1.86 bits per heavy atom. The molecule has 2 N–H and O–H groups in total. The average Bonchev–Trinajstić information content (AvgIpc) is 2.99. The van der Waals surface area contributed by atoms with Crippen molar-refractivity contribution in [2.75, 3.05) is 11.9 Å². The summed E-state index contributed by atoms with van der Waals surface area (Å²) in [7, 11) is -4.07. The number of carbonyl (C=O) groups excluding carboxylic acids is 2. The molecule has 0 radical (unpaired) electrons. The lowest BCUT2D eigenvalue weighted by atomic mass is 9.95. The van der Waals surface area contributed by atoms with Crippen LogP contribution in [0.2, 0.25) is 5.02 Å². The van der Waals surface area contributed by atoms with E-state index in [2.05, 4.69) is 5.32 Å². The molecule has 1 aromatic carbocycles. The topological polar surface area (TPSA) is 102 Å². The van der Waals surface area contributed by atoms with E-state index in [0.717, 1.165) is 36.1 Å². The minimum Gasteiger partial charge on any atom is -0.462 e. The Hall–Kier alpha value is -2.10. The van der Waals surface area contributed by atoms with E-state index in [-0.39, 0.29) is 11.5 Å². The second-order valence-corrected chi connectivity index (χ2v) is 9.37. The van der Waals surface area contributed by atoms with Gasteiger partial charge in [-0.3, -0.25) is 5.32 Å². The van der Waals surface area contributed by atoms with Gasteiger partial charge in [-0.2, -0.15) is 0 Å². The summed E-state index contributed by atoms with van der Waals surface area (Å²) in [4.78, 5) is 25.7. The number of sulfonamides is 1. The Morgan fingerprint density at radius 1 is 1.18 bits per heavy atom. The van der Waals surface area contributed by atoms with Crippen LogP contribution >= 0.6 is 22.9 Å². The third-order valence-corrected chi connectivity index (χ3v) is 7.04. The number of anilines is 1. The van der Waals surface area contributed by atoms with Gasteiger partial charge in [0, 0.05) is 9.90 Å². The highest BCUT2D eigenvalue weighted by atomic mass is 35.5. The lowest BCUT2D eigenvalue weighted by Crippen LogP contribution is -2.34. The van der Waals surface area contributed by atoms with Gasteiger partial charge < -0.3 is 4.74 Å². The van der Waals surface area contributed by atoms with Crippen LogP contribution in [0.5, 0.6) is 0 Å². The molecule has 0 fully saturated rings. The zero-order valence-electron chi connectivity index (χ0n) is 15.1. The van der Waals surface area contributed by atoms with Gasteiger partial charge in [-0.25, -0.2) is 22.7 Å². The maximum atomic E-state index is 12.4. The van der Waals surface area contributed by atoms with Gasteiger partial charge in [0.15, 0.2) is 0 Å². The summed E-state index contributed by atoms with van der Waals surface area (Å²) in [5, 5.41) is 3.19. The maximum absolute atomic E-state index is 12.4. The van der Waals surface area contributed by atoms with Crippen molar-refractivity contribution in [2.24, 2.45) is 0 Å². The van der Waals surface area contributed by atoms with E-state index in [0.29, 0.717) is 15.6 Å². The van der Waals surface area contributed by atoms with Crippen LogP contribution in [0, 0.1) is 0 Å². The van der Waals surface area contributed by atoms with Crippen molar-refractivity contribution >= 4 is 50.0 Å². The zero-order chi connectivity index (χ0) is 20.3. The highest BCUT2D eigenvalue weighted by Gasteiger charge is 2.28. The van der Waals surface area contributed by atoms with E-state index in [1.54, 1.807) is 6.92 Å². The summed E-state index contributed by atoms with van der Waals surface area (Å²) in [6.07, 6.45) is 3.50. The lowest BCUT2D eigenvalue weighted by molar-refractivity contribution is 0.0526. The summed E-state index contributed by atoms with van der Waals surface area (Å²) in [6, 6.07) is 4.48. The van der Waals surface area contributed by atoms with Crippen molar-refractivity contribution in [3.8, 4) is 0 Å². The molecule has 0 bridgehead atoms. The largest absolute Gasteiger partial charge is 0.462 e. The Kier molecular flexibility index (Phi) is 6.26. The number of aryl methyl sites for hydroxylation is 1. The summed E-state index contributed by atoms with van der Waals surface area (Å²) < 4.78 is 31.8. The van der Waals surface area contributed by atoms with E-state index in [9.17, 15) is 18.0 Å². The van der Waals surface area contributed by atoms with Crippen molar-refractivity contribution in [2.45, 2.75) is 37.5 Å². The molecule has 0 spiro atoms. The number of rotatable bonds is 5. The Bertz CT molecular complexity index is 1000. The molecule has 150 valence electrons. The van der Waals surface area contributed by atoms with Crippen LogP contribution in [0.25, 0.3) is 0 Å². The summed E-state index contributed by atoms with van der Waals surface area (Å²) in [5.41, 5.74) is 1.20. The first-order chi connectivity index (χ1) is 13.3. The van der Waals surface area contributed by atoms with E-state index in [4.69, 9.17) is 16.3 Å². The van der Waals surface area contributed by atoms with Crippen molar-refractivity contribution < 1.29 is 22.7 Å². The molecular weight excluding hydrogens is 424 g/mol. The van der Waals surface area contributed by atoms with Crippen LogP contribution in [0.4, 0.5) is 9.80 Å². The molecule has 7 nitrogen and oxygen atoms in total. The van der Waals surface area contributed by atoms with Crippen molar-refractivity contribution in [1.82, 2.24) is 4.72 Å². The highest BCUT2D eigenvalue weighted by Crippen LogP contribution is 2.38. The van der Waals surface area contributed by atoms with Crippen LogP contribution in [0.1, 0.15) is 40.6 Å². The van der Waals surface area contributed by atoms with Crippen LogP contribution in [-0.2, 0) is 27.6 Å². The predicted molar refractivity (Wildman–Crippen MR) is 108 cm³/mol. The van der Waals surface area contributed by atoms with Gasteiger partial charge in [0.1, 0.15) is 5.00 Å². The standard InChI is InChI=1S/C18H19ClN2O5S2/c1-2-26-17(22)15-13-5-3-4-6-14(13)27-16(15)20-18(23)21-28(24,25)12-9-7-11(19)8-10-12/h7-10H,2-6H2,1H3,(H2,20,21,23). The number of esters is 1. The highest BCUT2D eigenvalue weighted by molar-refractivity contribution is 7.90. The molecule has 3 rings (SSSR count). The minimum absolute atomic E-state index is 0.0943. The van der Waals surface area contributed by atoms with Gasteiger partial charge in [0.2, 0.25) is 0 Å². The molecule has 10 heteroatoms. The van der Waals surface area contributed by atoms with Gasteiger partial charge in [-0.05, 0) is 62.4 Å². The fourth-order valence-electron chi connectivity index (χ4n) is 3.00. The zero-order valence-corrected chi connectivity index (χ0v) is 17.5. The summed E-state index contributed by atoms with van der Waals surface area (Å²) in [5.74, 6) is -0.516. The van der Waals surface area contributed by atoms with Crippen molar-refractivity contribution in [1.29, 1.82) is 0 Å². The average molecular weight is 443 g/mol. The summed E-state index contributed by atoms with van der Waals surface area (Å²) in [6.45, 7) is 1.91. The number of thiophene rings is 1. The van der Waals surface area contributed by atoms with Crippen molar-refractivity contribution in [3.63, 3.8) is 0 Å². The smallest absolute Gasteiger partial charge is 0.341 e. The van der Waals surface area contributed by atoms with Gasteiger partial charge in [-0.1, -0.05) is 11.6 Å². The van der Waals surface area contributed by atoms with E-state index in [1.807, 2.05) is 4.72 Å². The number of fused-ring (bicyclic) bond motifs is 1. The van der Waals surface area contributed by atoms with Crippen LogP contribution in [0.3, 0.4) is 0 Å². The lowest BCUT2D eigenvalue weighted by Gasteiger charge is -2.12. The van der Waals surface area contributed by atoms with E-state index in [1.165, 1.54) is 35.6 Å². The molecule has 1 aromatic heterocycles. The molecule has 1 aliphatic rings. The molecule has 2 aromatic rings. The van der Waals surface area contributed by atoms with Crippen LogP contribution < -0.4 is 10.0 Å². The van der Waals surface area contributed by atoms with Gasteiger partial charge >= 0.3 is 12.0 Å². The molecule has 0 saturated carbocycles. The first-order valence-corrected chi connectivity index (χ1v) is 11.4. The minimum atomic E-state index is -4.07. The van der Waals surface area contributed by atoms with Crippen molar-refractivity contribution in [3.05, 3.63) is 45.3 Å². The Balaban J connectivity index is 1.83. The molecule has 28 heavy (non-hydrogen) atoms. The number of carbonyl (C=O) groups is 2. The molecule has 1 heterocycles. The quantitative estimate of drug-likeness (QED) is 0.682.